The first kappa shape index (κ1) is 25.0. The van der Waals surface area contributed by atoms with Gasteiger partial charge in [0, 0.05) is 60.5 Å². The van der Waals surface area contributed by atoms with Crippen LogP contribution in [0.5, 0.6) is 0 Å². The van der Waals surface area contributed by atoms with E-state index >= 15 is 4.39 Å². The fraction of sp³-hybridized carbons (Fsp3) is 0.444. The number of likely N-dealkylation sites (N-methyl/N-ethyl adjacent to an activating group) is 2. The Balaban J connectivity index is 1.45. The van der Waals surface area contributed by atoms with Gasteiger partial charge in [-0.05, 0) is 38.6 Å². The number of aromatic nitrogens is 2. The van der Waals surface area contributed by atoms with Crippen LogP contribution in [-0.2, 0) is 20.2 Å². The van der Waals surface area contributed by atoms with E-state index in [1.54, 1.807) is 36.5 Å². The van der Waals surface area contributed by atoms with Gasteiger partial charge in [-0.1, -0.05) is 13.3 Å². The maximum Gasteiger partial charge on any atom is 0.237 e. The molecule has 2 aliphatic heterocycles. The van der Waals surface area contributed by atoms with Crippen molar-refractivity contribution in [1.82, 2.24) is 14.9 Å². The highest BCUT2D eigenvalue weighted by Gasteiger charge is 2.54. The lowest BCUT2D eigenvalue weighted by molar-refractivity contribution is -0.125. The van der Waals surface area contributed by atoms with E-state index in [0.717, 1.165) is 61.8 Å². The number of carbonyl (C=O) groups is 1. The van der Waals surface area contributed by atoms with E-state index in [2.05, 4.69) is 33.6 Å². The van der Waals surface area contributed by atoms with Crippen molar-refractivity contribution in [1.29, 1.82) is 0 Å². The summed E-state index contributed by atoms with van der Waals surface area (Å²) in [5, 5.41) is 0.742. The zero-order chi connectivity index (χ0) is 27.0. The number of pyridine rings is 2. The third kappa shape index (κ3) is 3.74. The Kier molecular flexibility index (Phi) is 5.66. The summed E-state index contributed by atoms with van der Waals surface area (Å²) < 4.78 is 42.5. The quantitative estimate of drug-likeness (QED) is 0.514. The average molecular weight is 539 g/mol. The van der Waals surface area contributed by atoms with Crippen LogP contribution >= 0.6 is 0 Å². The molecule has 0 radical (unpaired) electrons. The van der Waals surface area contributed by atoms with Crippen LogP contribution in [0.1, 0.15) is 31.7 Å². The monoisotopic (exact) mass is 538 g/mol. The van der Waals surface area contributed by atoms with E-state index < -0.39 is 21.3 Å². The Labute approximate surface area is 221 Å². The minimum Gasteiger partial charge on any atom is -0.352 e. The number of nitrogens with one attached hydrogen (secondary N) is 1. The van der Waals surface area contributed by atoms with Crippen LogP contribution in [0.3, 0.4) is 0 Å². The van der Waals surface area contributed by atoms with Crippen LogP contribution in [0.15, 0.2) is 30.6 Å². The Morgan fingerprint density at radius 2 is 1.92 bits per heavy atom. The van der Waals surface area contributed by atoms with Crippen LogP contribution in [0.2, 0.25) is 0 Å². The standard InChI is InChI=1S/C27H31FN6O3S/c1-5-32(2)17-14-34(15-17)25-22(31-38(4,36)37)9-16(12-30-25)18-10-19-21(11-20(18)28)29-13-23-24(19)27(7-6-8-27)26(35)33(23)3/h9-13,17,31H,5-8,14-15H2,1-4H3. The second-order valence-corrected chi connectivity index (χ2v) is 12.5. The number of fused-ring (bicyclic) bond motifs is 4. The Morgan fingerprint density at radius 3 is 2.55 bits per heavy atom. The lowest BCUT2D eigenvalue weighted by atomic mass is 9.64. The van der Waals surface area contributed by atoms with Gasteiger partial charge < -0.3 is 14.7 Å². The molecule has 0 atom stereocenters. The first-order valence-electron chi connectivity index (χ1n) is 12.9. The number of carbonyl (C=O) groups excluding carboxylic acids is 1. The van der Waals surface area contributed by atoms with Crippen molar-refractivity contribution in [3.8, 4) is 11.1 Å². The second-order valence-electron chi connectivity index (χ2n) is 10.8. The maximum atomic E-state index is 15.5. The summed E-state index contributed by atoms with van der Waals surface area (Å²) >= 11 is 0. The molecule has 1 saturated heterocycles. The summed E-state index contributed by atoms with van der Waals surface area (Å²) in [5.41, 5.74) is 2.62. The van der Waals surface area contributed by atoms with Gasteiger partial charge in [-0.3, -0.25) is 14.5 Å². The smallest absolute Gasteiger partial charge is 0.237 e. The van der Waals surface area contributed by atoms with E-state index in [4.69, 9.17) is 0 Å². The van der Waals surface area contributed by atoms with Gasteiger partial charge in [0.15, 0.2) is 5.82 Å². The topological polar surface area (TPSA) is 98.7 Å². The summed E-state index contributed by atoms with van der Waals surface area (Å²) in [6.07, 6.45) is 6.81. The maximum absolute atomic E-state index is 15.5. The first-order chi connectivity index (χ1) is 18.0. The molecule has 6 rings (SSSR count). The third-order valence-corrected chi connectivity index (χ3v) is 9.05. The van der Waals surface area contributed by atoms with Crippen molar-refractivity contribution >= 4 is 44.0 Å². The van der Waals surface area contributed by atoms with Gasteiger partial charge in [-0.2, -0.15) is 0 Å². The van der Waals surface area contributed by atoms with Gasteiger partial charge in [0.1, 0.15) is 5.82 Å². The highest BCUT2D eigenvalue weighted by Crippen LogP contribution is 2.55. The van der Waals surface area contributed by atoms with E-state index in [1.165, 1.54) is 6.07 Å². The number of halogens is 1. The number of sulfonamides is 1. The molecule has 3 aliphatic rings. The normalized spacial score (nSPS) is 18.7. The van der Waals surface area contributed by atoms with Crippen LogP contribution < -0.4 is 14.5 Å². The number of benzene rings is 1. The van der Waals surface area contributed by atoms with Crippen molar-refractivity contribution < 1.29 is 17.6 Å². The Hall–Kier alpha value is -3.31. The summed E-state index contributed by atoms with van der Waals surface area (Å²) in [5.74, 6) is 0.0919. The number of nitrogens with zero attached hydrogens (tertiary/aromatic N) is 5. The largest absolute Gasteiger partial charge is 0.352 e. The molecule has 1 amide bonds. The predicted molar refractivity (Wildman–Crippen MR) is 147 cm³/mol. The van der Waals surface area contributed by atoms with Crippen LogP contribution in [0.4, 0.5) is 21.6 Å². The second kappa shape index (κ2) is 8.60. The van der Waals surface area contributed by atoms with Crippen molar-refractivity contribution in [2.45, 2.75) is 37.6 Å². The first-order valence-corrected chi connectivity index (χ1v) is 14.8. The molecule has 0 bridgehead atoms. The molecular formula is C27H31FN6O3S. The lowest BCUT2D eigenvalue weighted by Crippen LogP contribution is -2.58. The molecule has 0 unspecified atom stereocenters. The van der Waals surface area contributed by atoms with Gasteiger partial charge in [0.05, 0.1) is 34.8 Å². The van der Waals surface area contributed by atoms with Gasteiger partial charge in [-0.15, -0.1) is 0 Å². The van der Waals surface area contributed by atoms with Crippen molar-refractivity contribution in [2.75, 3.05) is 54.5 Å². The van der Waals surface area contributed by atoms with Gasteiger partial charge in [0.25, 0.3) is 0 Å². The zero-order valence-electron chi connectivity index (χ0n) is 22.0. The third-order valence-electron chi connectivity index (χ3n) is 8.45. The van der Waals surface area contributed by atoms with Gasteiger partial charge in [-0.25, -0.2) is 17.8 Å². The van der Waals surface area contributed by atoms with E-state index in [0.29, 0.717) is 28.6 Å². The highest BCUT2D eigenvalue weighted by molar-refractivity contribution is 7.92. The lowest BCUT2D eigenvalue weighted by Gasteiger charge is -2.45. The number of anilines is 3. The predicted octanol–water partition coefficient (Wildman–Crippen LogP) is 3.35. The average Bonchev–Trinajstić information content (AvgIpc) is 3.04. The SMILES string of the molecule is CCN(C)C1CN(c2ncc(-c3cc4c5c(cnc4cc3F)N(C)C(=O)C53CCC3)cc2NS(C)(=O)=O)C1. The molecule has 1 aromatic carbocycles. The van der Waals surface area contributed by atoms with Crippen LogP contribution in [0.25, 0.3) is 22.0 Å². The molecule has 200 valence electrons. The van der Waals surface area contributed by atoms with Crippen molar-refractivity contribution in [3.63, 3.8) is 0 Å². The number of rotatable bonds is 6. The highest BCUT2D eigenvalue weighted by atomic mass is 32.2. The molecule has 1 saturated carbocycles. The molecule has 2 aromatic heterocycles. The molecule has 38 heavy (non-hydrogen) atoms. The molecule has 1 N–H and O–H groups in total. The van der Waals surface area contributed by atoms with Gasteiger partial charge in [0.2, 0.25) is 15.9 Å². The van der Waals surface area contributed by atoms with Crippen molar-refractivity contribution in [2.24, 2.45) is 0 Å². The number of hydrogen-bond acceptors (Lipinski definition) is 7. The van der Waals surface area contributed by atoms with Gasteiger partial charge >= 0.3 is 0 Å². The van der Waals surface area contributed by atoms with E-state index in [-0.39, 0.29) is 11.5 Å². The molecular weight excluding hydrogens is 507 g/mol. The zero-order valence-corrected chi connectivity index (χ0v) is 22.8. The molecule has 1 aliphatic carbocycles. The van der Waals surface area contributed by atoms with E-state index in [1.807, 2.05) is 4.90 Å². The fourth-order valence-corrected chi connectivity index (χ4v) is 6.56. The minimum atomic E-state index is -3.60. The molecule has 9 nitrogen and oxygen atoms in total. The summed E-state index contributed by atoms with van der Waals surface area (Å²) in [6, 6.07) is 5.12. The Morgan fingerprint density at radius 1 is 1.18 bits per heavy atom. The molecule has 3 aromatic rings. The molecule has 1 spiro atoms. The number of hydrogen-bond donors (Lipinski definition) is 1. The van der Waals surface area contributed by atoms with Crippen molar-refractivity contribution in [3.05, 3.63) is 42.0 Å². The Bertz CT molecular complexity index is 1580. The van der Waals surface area contributed by atoms with Crippen LogP contribution in [0, 0.1) is 5.82 Å². The summed E-state index contributed by atoms with van der Waals surface area (Å²) in [4.78, 5) is 28.1. The number of amides is 1. The minimum absolute atomic E-state index is 0.0613. The molecule has 2 fully saturated rings. The summed E-state index contributed by atoms with van der Waals surface area (Å²) in [6.45, 7) is 4.46. The van der Waals surface area contributed by atoms with E-state index in [9.17, 15) is 13.2 Å². The molecule has 4 heterocycles. The van der Waals surface area contributed by atoms with Crippen LogP contribution in [-0.4, -0.2) is 75.2 Å². The molecule has 11 heteroatoms. The fourth-order valence-electron chi connectivity index (χ4n) is 6.01. The summed E-state index contributed by atoms with van der Waals surface area (Å²) in [7, 11) is 0.216.